The fourth-order valence-electron chi connectivity index (χ4n) is 1.46. The first-order valence-electron chi connectivity index (χ1n) is 5.48. The summed E-state index contributed by atoms with van der Waals surface area (Å²) in [4.78, 5) is 13.7. The lowest BCUT2D eigenvalue weighted by atomic mass is 10.2. The van der Waals surface area contributed by atoms with Gasteiger partial charge in [-0.3, -0.25) is 15.1 Å². The minimum absolute atomic E-state index is 0.221. The molecule has 1 aromatic carbocycles. The van der Waals surface area contributed by atoms with Gasteiger partial charge in [0.25, 0.3) is 0 Å². The quantitative estimate of drug-likeness (QED) is 0.514. The molecular weight excluding hydrogens is 283 g/mol. The van der Waals surface area contributed by atoms with Crippen molar-refractivity contribution >= 4 is 34.4 Å². The molecule has 0 aliphatic heterocycles. The molecule has 0 radical (unpaired) electrons. The number of halogens is 1. The van der Waals surface area contributed by atoms with Gasteiger partial charge in [-0.25, -0.2) is 0 Å². The largest absolute Gasteiger partial charge is 0.332 e. The molecular formula is C12H9FN4O2S. The molecule has 0 bridgehead atoms. The Balaban J connectivity index is 2.08. The Morgan fingerprint density at radius 3 is 2.70 bits per heavy atom. The summed E-state index contributed by atoms with van der Waals surface area (Å²) >= 11 is 5.05. The molecule has 0 amide bonds. The lowest BCUT2D eigenvalue weighted by molar-refractivity contribution is -0.387. The molecule has 1 aromatic heterocycles. The molecule has 0 aliphatic carbocycles. The number of nitrogens with zero attached hydrogens (tertiary/aromatic N) is 2. The molecule has 102 valence electrons. The van der Waals surface area contributed by atoms with E-state index < -0.39 is 16.4 Å². The van der Waals surface area contributed by atoms with Crippen LogP contribution in [-0.4, -0.2) is 15.0 Å². The highest BCUT2D eigenvalue weighted by molar-refractivity contribution is 7.80. The van der Waals surface area contributed by atoms with Crippen LogP contribution < -0.4 is 10.6 Å². The Morgan fingerprint density at radius 2 is 2.05 bits per heavy atom. The third-order valence-electron chi connectivity index (χ3n) is 2.32. The zero-order valence-electron chi connectivity index (χ0n) is 10.0. The minimum atomic E-state index is -0.897. The predicted octanol–water partition coefficient (Wildman–Crippen LogP) is 2.94. The van der Waals surface area contributed by atoms with Crippen molar-refractivity contribution in [3.63, 3.8) is 0 Å². The van der Waals surface area contributed by atoms with E-state index in [0.29, 0.717) is 11.4 Å². The zero-order chi connectivity index (χ0) is 14.5. The molecule has 0 fully saturated rings. The van der Waals surface area contributed by atoms with Gasteiger partial charge in [-0.2, -0.15) is 4.39 Å². The number of thiocarbonyl (C=S) groups is 1. The Morgan fingerprint density at radius 1 is 1.30 bits per heavy atom. The number of aromatic nitrogens is 1. The van der Waals surface area contributed by atoms with Crippen LogP contribution in [0.2, 0.25) is 0 Å². The van der Waals surface area contributed by atoms with E-state index in [0.717, 1.165) is 12.1 Å². The number of pyridine rings is 1. The smallest absolute Gasteiger partial charge is 0.306 e. The van der Waals surface area contributed by atoms with Gasteiger partial charge in [0, 0.05) is 18.0 Å². The normalized spacial score (nSPS) is 9.85. The van der Waals surface area contributed by atoms with E-state index in [9.17, 15) is 14.5 Å². The van der Waals surface area contributed by atoms with Crippen molar-refractivity contribution in [1.82, 2.24) is 4.98 Å². The average molecular weight is 292 g/mol. The second kappa shape index (κ2) is 6.02. The van der Waals surface area contributed by atoms with Gasteiger partial charge >= 0.3 is 5.69 Å². The number of benzene rings is 1. The molecule has 1 heterocycles. The van der Waals surface area contributed by atoms with Gasteiger partial charge < -0.3 is 10.6 Å². The maximum absolute atomic E-state index is 13.2. The predicted molar refractivity (Wildman–Crippen MR) is 77.1 cm³/mol. The van der Waals surface area contributed by atoms with E-state index in [1.165, 1.54) is 6.07 Å². The first-order chi connectivity index (χ1) is 9.56. The lowest BCUT2D eigenvalue weighted by Gasteiger charge is -2.10. The van der Waals surface area contributed by atoms with E-state index in [1.54, 1.807) is 24.5 Å². The summed E-state index contributed by atoms with van der Waals surface area (Å²) in [5.74, 6) is -0.897. The molecule has 0 spiro atoms. The number of nitro benzene ring substituents is 1. The van der Waals surface area contributed by atoms with Crippen molar-refractivity contribution in [2.75, 3.05) is 10.6 Å². The van der Waals surface area contributed by atoms with Crippen LogP contribution in [0.3, 0.4) is 0 Å². The fraction of sp³-hybridized carbons (Fsp3) is 0. The van der Waals surface area contributed by atoms with Crippen molar-refractivity contribution in [1.29, 1.82) is 0 Å². The zero-order valence-corrected chi connectivity index (χ0v) is 10.9. The first-order valence-corrected chi connectivity index (χ1v) is 5.89. The van der Waals surface area contributed by atoms with E-state index in [-0.39, 0.29) is 5.11 Å². The van der Waals surface area contributed by atoms with Gasteiger partial charge in [-0.1, -0.05) is 0 Å². The summed E-state index contributed by atoms with van der Waals surface area (Å²) in [5, 5.41) is 16.4. The number of hydrogen-bond donors (Lipinski definition) is 2. The van der Waals surface area contributed by atoms with Crippen LogP contribution in [0, 0.1) is 15.9 Å². The van der Waals surface area contributed by atoms with E-state index in [2.05, 4.69) is 15.6 Å². The summed E-state index contributed by atoms with van der Waals surface area (Å²) in [6, 6.07) is 6.93. The maximum atomic E-state index is 13.2. The molecule has 2 rings (SSSR count). The van der Waals surface area contributed by atoms with Gasteiger partial charge in [0.2, 0.25) is 5.82 Å². The van der Waals surface area contributed by atoms with Gasteiger partial charge in [0.15, 0.2) is 5.11 Å². The van der Waals surface area contributed by atoms with Crippen molar-refractivity contribution < 1.29 is 9.31 Å². The number of anilines is 2. The Bertz CT molecular complexity index is 651. The highest BCUT2D eigenvalue weighted by Crippen LogP contribution is 2.21. The van der Waals surface area contributed by atoms with Gasteiger partial charge in [-0.05, 0) is 36.5 Å². The Hall–Kier alpha value is -2.61. The number of rotatable bonds is 3. The van der Waals surface area contributed by atoms with Crippen molar-refractivity contribution in [2.24, 2.45) is 0 Å². The monoisotopic (exact) mass is 292 g/mol. The Kier molecular flexibility index (Phi) is 4.16. The van der Waals surface area contributed by atoms with Crippen LogP contribution in [0.25, 0.3) is 0 Å². The van der Waals surface area contributed by atoms with Crippen molar-refractivity contribution in [3.05, 3.63) is 58.7 Å². The maximum Gasteiger partial charge on any atom is 0.306 e. The standard InChI is InChI=1S/C12H9FN4O2S/c13-10-4-3-8(6-11(10)17(18)19)15-12(20)16-9-2-1-5-14-7-9/h1-7H,(H2,15,16,20). The number of hydrogen-bond acceptors (Lipinski definition) is 4. The van der Waals surface area contributed by atoms with Gasteiger partial charge in [-0.15, -0.1) is 0 Å². The van der Waals surface area contributed by atoms with Crippen molar-refractivity contribution in [3.8, 4) is 0 Å². The van der Waals surface area contributed by atoms with E-state index in [1.807, 2.05) is 0 Å². The fourth-order valence-corrected chi connectivity index (χ4v) is 1.70. The average Bonchev–Trinajstić information content (AvgIpc) is 2.41. The summed E-state index contributed by atoms with van der Waals surface area (Å²) < 4.78 is 13.2. The molecule has 6 nitrogen and oxygen atoms in total. The van der Waals surface area contributed by atoms with E-state index >= 15 is 0 Å². The van der Waals surface area contributed by atoms with Crippen LogP contribution in [0.5, 0.6) is 0 Å². The van der Waals surface area contributed by atoms with Crippen LogP contribution in [0.4, 0.5) is 21.5 Å². The van der Waals surface area contributed by atoms with Crippen LogP contribution >= 0.6 is 12.2 Å². The van der Waals surface area contributed by atoms with Crippen LogP contribution in [-0.2, 0) is 0 Å². The summed E-state index contributed by atoms with van der Waals surface area (Å²) in [6.07, 6.45) is 3.19. The van der Waals surface area contributed by atoms with Crippen molar-refractivity contribution in [2.45, 2.75) is 0 Å². The minimum Gasteiger partial charge on any atom is -0.332 e. The summed E-state index contributed by atoms with van der Waals surface area (Å²) in [5.41, 5.74) is 0.375. The molecule has 0 unspecified atom stereocenters. The first kappa shape index (κ1) is 13.8. The Labute approximate surface area is 118 Å². The molecule has 2 aromatic rings. The third-order valence-corrected chi connectivity index (χ3v) is 2.52. The molecule has 8 heteroatoms. The molecule has 0 atom stereocenters. The summed E-state index contributed by atoms with van der Waals surface area (Å²) in [7, 11) is 0. The number of nitrogens with one attached hydrogen (secondary N) is 2. The highest BCUT2D eigenvalue weighted by Gasteiger charge is 2.14. The summed E-state index contributed by atoms with van der Waals surface area (Å²) in [6.45, 7) is 0. The van der Waals surface area contributed by atoms with Crippen LogP contribution in [0.1, 0.15) is 0 Å². The number of nitro groups is 1. The molecule has 0 saturated carbocycles. The SMILES string of the molecule is O=[N+]([O-])c1cc(NC(=S)Nc2cccnc2)ccc1F. The third kappa shape index (κ3) is 3.45. The molecule has 0 aliphatic rings. The van der Waals surface area contributed by atoms with E-state index in [4.69, 9.17) is 12.2 Å². The molecule has 0 saturated heterocycles. The lowest BCUT2D eigenvalue weighted by Crippen LogP contribution is -2.19. The molecule has 20 heavy (non-hydrogen) atoms. The van der Waals surface area contributed by atoms with Crippen LogP contribution in [0.15, 0.2) is 42.7 Å². The second-order valence-corrected chi connectivity index (χ2v) is 4.15. The molecule has 2 N–H and O–H groups in total. The second-order valence-electron chi connectivity index (χ2n) is 3.74. The van der Waals surface area contributed by atoms with Gasteiger partial charge in [0.05, 0.1) is 16.8 Å². The van der Waals surface area contributed by atoms with Gasteiger partial charge in [0.1, 0.15) is 0 Å². The highest BCUT2D eigenvalue weighted by atomic mass is 32.1. The topological polar surface area (TPSA) is 80.1 Å².